The highest BCUT2D eigenvalue weighted by Gasteiger charge is 2.52. The maximum atomic E-state index is 9.57. The molecule has 4 N–H and O–H groups in total. The molecule has 3 heterocycles. The van der Waals surface area contributed by atoms with E-state index >= 15 is 0 Å². The zero-order chi connectivity index (χ0) is 22.3. The van der Waals surface area contributed by atoms with E-state index in [0.29, 0.717) is 24.0 Å². The van der Waals surface area contributed by atoms with Crippen molar-refractivity contribution in [3.8, 4) is 12.1 Å². The zero-order valence-corrected chi connectivity index (χ0v) is 19.9. The zero-order valence-electron chi connectivity index (χ0n) is 19.9. The van der Waals surface area contributed by atoms with Gasteiger partial charge < -0.3 is 10.6 Å². The van der Waals surface area contributed by atoms with Gasteiger partial charge in [-0.3, -0.25) is 10.9 Å². The van der Waals surface area contributed by atoms with E-state index in [1.165, 1.54) is 51.4 Å². The van der Waals surface area contributed by atoms with Crippen molar-refractivity contribution in [1.29, 1.82) is 10.5 Å². The van der Waals surface area contributed by atoms with Crippen molar-refractivity contribution in [3.05, 3.63) is 0 Å². The molecule has 5 aliphatic rings. The lowest BCUT2D eigenvalue weighted by molar-refractivity contribution is 0.0458. The molecule has 2 saturated carbocycles. The van der Waals surface area contributed by atoms with Gasteiger partial charge in [0.25, 0.3) is 0 Å². The van der Waals surface area contributed by atoms with Crippen molar-refractivity contribution in [1.82, 2.24) is 21.5 Å². The molecule has 0 spiro atoms. The molecular formula is C26H42N6. The molecule has 32 heavy (non-hydrogen) atoms. The van der Waals surface area contributed by atoms with Crippen molar-refractivity contribution < 1.29 is 0 Å². The van der Waals surface area contributed by atoms with Gasteiger partial charge in [0, 0.05) is 24.7 Å². The second kappa shape index (κ2) is 9.22. The second-order valence-electron chi connectivity index (χ2n) is 12.1. The molecule has 0 aromatic rings. The first-order chi connectivity index (χ1) is 15.5. The van der Waals surface area contributed by atoms with E-state index in [1.54, 1.807) is 0 Å². The van der Waals surface area contributed by atoms with Crippen LogP contribution in [0.15, 0.2) is 0 Å². The molecule has 0 radical (unpaired) electrons. The number of nitriles is 2. The lowest BCUT2D eigenvalue weighted by Gasteiger charge is -2.50. The first-order valence-corrected chi connectivity index (χ1v) is 13.3. The highest BCUT2D eigenvalue weighted by Crippen LogP contribution is 2.48. The molecule has 6 heteroatoms. The number of nitrogens with one attached hydrogen (secondary N) is 4. The lowest BCUT2D eigenvalue weighted by Crippen LogP contribution is -2.59. The van der Waals surface area contributed by atoms with Crippen LogP contribution in [0.25, 0.3) is 0 Å². The minimum Gasteiger partial charge on any atom is -0.312 e. The number of hydrazine groups is 1. The topological polar surface area (TPSA) is 95.7 Å². The van der Waals surface area contributed by atoms with E-state index in [1.807, 2.05) is 0 Å². The van der Waals surface area contributed by atoms with Gasteiger partial charge in [-0.2, -0.15) is 10.5 Å². The van der Waals surface area contributed by atoms with Gasteiger partial charge in [-0.15, -0.1) is 0 Å². The minimum atomic E-state index is -0.191. The van der Waals surface area contributed by atoms with Gasteiger partial charge in [-0.1, -0.05) is 0 Å². The molecule has 3 aliphatic heterocycles. The molecule has 6 nitrogen and oxygen atoms in total. The molecular weight excluding hydrogens is 396 g/mol. The molecule has 0 aromatic heterocycles. The number of hydrogen-bond acceptors (Lipinski definition) is 6. The smallest absolute Gasteiger partial charge is 0.0953 e. The first-order valence-electron chi connectivity index (χ1n) is 13.3. The summed E-state index contributed by atoms with van der Waals surface area (Å²) in [4.78, 5) is 0. The van der Waals surface area contributed by atoms with Crippen molar-refractivity contribution in [2.24, 2.45) is 40.9 Å². The Hall–Kier alpha value is -1.18. The molecule has 5 fully saturated rings. The van der Waals surface area contributed by atoms with Crippen molar-refractivity contribution in [3.63, 3.8) is 0 Å². The van der Waals surface area contributed by atoms with Crippen LogP contribution in [0.4, 0.5) is 0 Å². The van der Waals surface area contributed by atoms with Crippen molar-refractivity contribution in [2.75, 3.05) is 13.1 Å². The average molecular weight is 439 g/mol. The Morgan fingerprint density at radius 2 is 1.50 bits per heavy atom. The highest BCUT2D eigenvalue weighted by molar-refractivity contribution is 5.08. The maximum Gasteiger partial charge on any atom is 0.0953 e. The summed E-state index contributed by atoms with van der Waals surface area (Å²) in [6.45, 7) is 6.37. The van der Waals surface area contributed by atoms with E-state index < -0.39 is 0 Å². The predicted octanol–water partition coefficient (Wildman–Crippen LogP) is 3.08. The van der Waals surface area contributed by atoms with Crippen LogP contribution in [0.3, 0.4) is 0 Å². The van der Waals surface area contributed by atoms with Gasteiger partial charge in [-0.25, -0.2) is 0 Å². The molecule has 3 saturated heterocycles. The highest BCUT2D eigenvalue weighted by atomic mass is 15.4. The minimum absolute atomic E-state index is 0.0667. The van der Waals surface area contributed by atoms with Gasteiger partial charge >= 0.3 is 0 Å². The van der Waals surface area contributed by atoms with E-state index in [-0.39, 0.29) is 11.5 Å². The van der Waals surface area contributed by atoms with Crippen LogP contribution in [-0.4, -0.2) is 37.3 Å². The van der Waals surface area contributed by atoms with Gasteiger partial charge in [0.2, 0.25) is 0 Å². The lowest BCUT2D eigenvalue weighted by atomic mass is 9.60. The largest absolute Gasteiger partial charge is 0.312 e. The van der Waals surface area contributed by atoms with E-state index in [2.05, 4.69) is 47.5 Å². The Bertz CT molecular complexity index is 736. The van der Waals surface area contributed by atoms with Crippen LogP contribution in [-0.2, 0) is 0 Å². The molecule has 5 rings (SSSR count). The Morgan fingerprint density at radius 3 is 2.19 bits per heavy atom. The van der Waals surface area contributed by atoms with E-state index in [0.717, 1.165) is 49.1 Å². The molecule has 0 amide bonds. The first kappa shape index (κ1) is 22.6. The molecule has 8 unspecified atom stereocenters. The average Bonchev–Trinajstić information content (AvgIpc) is 3.28. The van der Waals surface area contributed by atoms with Crippen LogP contribution >= 0.6 is 0 Å². The van der Waals surface area contributed by atoms with Crippen LogP contribution in [0, 0.1) is 63.6 Å². The normalized spacial score (nSPS) is 47.0. The Morgan fingerprint density at radius 1 is 0.750 bits per heavy atom. The van der Waals surface area contributed by atoms with E-state index in [9.17, 15) is 10.5 Å². The van der Waals surface area contributed by atoms with Crippen LogP contribution < -0.4 is 21.5 Å². The number of fused-ring (bicyclic) bond motifs is 3. The summed E-state index contributed by atoms with van der Waals surface area (Å²) in [6.07, 6.45) is 11.1. The summed E-state index contributed by atoms with van der Waals surface area (Å²) in [5.41, 5.74) is 7.27. The standard InChI is InChI=1S/C26H42N6/c1-26(2,15-28)19-7-3-16(4-8-19)25-24-21-11-17(18-5-9-20(12-27)29-13-18)6-10-22(21)30-14-23(24)31-32-25/h16-25,29-32H,3-11,13-14H2,1-2H3. The third kappa shape index (κ3) is 4.21. The fourth-order valence-electron chi connectivity index (χ4n) is 8.14. The van der Waals surface area contributed by atoms with Gasteiger partial charge in [-0.05, 0) is 114 Å². The summed E-state index contributed by atoms with van der Waals surface area (Å²) in [7, 11) is 0. The number of hydrogen-bond donors (Lipinski definition) is 4. The summed E-state index contributed by atoms with van der Waals surface area (Å²) in [6, 6.07) is 6.83. The van der Waals surface area contributed by atoms with Crippen LogP contribution in [0.1, 0.15) is 71.6 Å². The van der Waals surface area contributed by atoms with Gasteiger partial charge in [0.05, 0.1) is 23.6 Å². The molecule has 0 aromatic carbocycles. The quantitative estimate of drug-likeness (QED) is 0.541. The monoisotopic (exact) mass is 438 g/mol. The summed E-state index contributed by atoms with van der Waals surface area (Å²) in [5, 5.41) is 26.2. The molecule has 2 aliphatic carbocycles. The fourth-order valence-corrected chi connectivity index (χ4v) is 8.14. The Kier molecular flexibility index (Phi) is 6.52. The van der Waals surface area contributed by atoms with Gasteiger partial charge in [0.15, 0.2) is 0 Å². The molecule has 176 valence electrons. The van der Waals surface area contributed by atoms with Crippen molar-refractivity contribution in [2.45, 2.75) is 95.8 Å². The Balaban J connectivity index is 1.24. The third-order valence-electron chi connectivity index (χ3n) is 10.2. The Labute approximate surface area is 194 Å². The van der Waals surface area contributed by atoms with Crippen molar-refractivity contribution >= 4 is 0 Å². The summed E-state index contributed by atoms with van der Waals surface area (Å²) < 4.78 is 0. The number of nitrogens with zero attached hydrogens (tertiary/aromatic N) is 2. The third-order valence-corrected chi connectivity index (χ3v) is 10.2. The summed E-state index contributed by atoms with van der Waals surface area (Å²) in [5.74, 6) is 4.29. The van der Waals surface area contributed by atoms with E-state index in [4.69, 9.17) is 0 Å². The predicted molar refractivity (Wildman–Crippen MR) is 125 cm³/mol. The SMILES string of the molecule is CC(C)(C#N)C1CCC(C2NNC3CNC4CCC(C5CCC(C#N)NC5)CC4C32)CC1. The number of piperidine rings is 2. The molecule has 0 bridgehead atoms. The molecule has 8 atom stereocenters. The second-order valence-corrected chi connectivity index (χ2v) is 12.1. The van der Waals surface area contributed by atoms with Crippen LogP contribution in [0.2, 0.25) is 0 Å². The fraction of sp³-hybridized carbons (Fsp3) is 0.923. The van der Waals surface area contributed by atoms with Gasteiger partial charge in [0.1, 0.15) is 0 Å². The maximum absolute atomic E-state index is 9.57. The summed E-state index contributed by atoms with van der Waals surface area (Å²) >= 11 is 0. The number of rotatable bonds is 3. The van der Waals surface area contributed by atoms with Crippen LogP contribution in [0.5, 0.6) is 0 Å².